The van der Waals surface area contributed by atoms with Gasteiger partial charge in [0.15, 0.2) is 0 Å². The molecule has 2 saturated heterocycles. The summed E-state index contributed by atoms with van der Waals surface area (Å²) in [4.78, 5) is 21.8. The highest BCUT2D eigenvalue weighted by atomic mass is 16.5. The van der Waals surface area contributed by atoms with Crippen molar-refractivity contribution in [2.75, 3.05) is 39.9 Å². The van der Waals surface area contributed by atoms with Crippen LogP contribution in [0.3, 0.4) is 0 Å². The predicted octanol–water partition coefficient (Wildman–Crippen LogP) is 2.88. The van der Waals surface area contributed by atoms with Gasteiger partial charge in [0.1, 0.15) is 5.65 Å². The molecule has 4 heterocycles. The lowest BCUT2D eigenvalue weighted by Crippen LogP contribution is -2.54. The molecule has 4 rings (SSSR count). The average Bonchev–Trinajstić information content (AvgIpc) is 3.01. The summed E-state index contributed by atoms with van der Waals surface area (Å²) in [5.74, 6) is 0.316. The highest BCUT2D eigenvalue weighted by molar-refractivity contribution is 5.77. The van der Waals surface area contributed by atoms with Crippen LogP contribution in [0.4, 0.5) is 0 Å². The highest BCUT2D eigenvalue weighted by Gasteiger charge is 2.41. The SMILES string of the molecule is COCCCN1C[C@@]2(CCCN(Cc3c(C)nc4ccccn34)C2)CCC1=O. The summed E-state index contributed by atoms with van der Waals surface area (Å²) in [5.41, 5.74) is 3.67. The van der Waals surface area contributed by atoms with Crippen LogP contribution in [0.15, 0.2) is 24.4 Å². The fourth-order valence-electron chi connectivity index (χ4n) is 5.05. The number of aryl methyl sites for hydroxylation is 1. The number of ether oxygens (including phenoxy) is 1. The van der Waals surface area contributed by atoms with Crippen molar-refractivity contribution >= 4 is 11.6 Å². The van der Waals surface area contributed by atoms with Crippen LogP contribution in [0.5, 0.6) is 0 Å². The molecule has 0 radical (unpaired) electrons. The van der Waals surface area contributed by atoms with Crippen LogP contribution in [0.2, 0.25) is 0 Å². The largest absolute Gasteiger partial charge is 0.385 e. The Bertz CT molecular complexity index is 833. The summed E-state index contributed by atoms with van der Waals surface area (Å²) in [6.07, 6.45) is 7.18. The van der Waals surface area contributed by atoms with Crippen molar-refractivity contribution < 1.29 is 9.53 Å². The summed E-state index contributed by atoms with van der Waals surface area (Å²) in [6, 6.07) is 6.18. The van der Waals surface area contributed by atoms with E-state index in [4.69, 9.17) is 9.72 Å². The number of likely N-dealkylation sites (tertiary alicyclic amines) is 2. The van der Waals surface area contributed by atoms with Gasteiger partial charge in [-0.1, -0.05) is 6.07 Å². The molecule has 1 spiro atoms. The molecule has 1 atom stereocenters. The van der Waals surface area contributed by atoms with E-state index in [-0.39, 0.29) is 5.41 Å². The van der Waals surface area contributed by atoms with E-state index in [9.17, 15) is 4.79 Å². The third-order valence-corrected chi connectivity index (χ3v) is 6.47. The molecule has 0 unspecified atom stereocenters. The molecular formula is C22H32N4O2. The number of fused-ring (bicyclic) bond motifs is 1. The number of hydrogen-bond acceptors (Lipinski definition) is 4. The van der Waals surface area contributed by atoms with Gasteiger partial charge >= 0.3 is 0 Å². The minimum atomic E-state index is 0.244. The summed E-state index contributed by atoms with van der Waals surface area (Å²) in [5, 5.41) is 0. The van der Waals surface area contributed by atoms with Gasteiger partial charge in [-0.15, -0.1) is 0 Å². The third-order valence-electron chi connectivity index (χ3n) is 6.47. The van der Waals surface area contributed by atoms with E-state index in [0.717, 1.165) is 63.5 Å². The number of piperidine rings is 2. The molecular weight excluding hydrogens is 352 g/mol. The van der Waals surface area contributed by atoms with E-state index < -0.39 is 0 Å². The van der Waals surface area contributed by atoms with Gasteiger partial charge in [0, 0.05) is 57.9 Å². The Hall–Kier alpha value is -1.92. The van der Waals surface area contributed by atoms with Crippen molar-refractivity contribution in [3.63, 3.8) is 0 Å². The Balaban J connectivity index is 1.46. The number of rotatable bonds is 6. The van der Waals surface area contributed by atoms with E-state index in [1.54, 1.807) is 7.11 Å². The van der Waals surface area contributed by atoms with Crippen LogP contribution in [-0.4, -0.2) is 65.0 Å². The first-order chi connectivity index (χ1) is 13.6. The second-order valence-corrected chi connectivity index (χ2v) is 8.55. The van der Waals surface area contributed by atoms with Crippen LogP contribution in [0.25, 0.3) is 5.65 Å². The van der Waals surface area contributed by atoms with Crippen molar-refractivity contribution in [2.45, 2.75) is 45.6 Å². The Kier molecular flexibility index (Phi) is 5.69. The van der Waals surface area contributed by atoms with E-state index in [1.807, 2.05) is 6.07 Å². The zero-order valence-electron chi connectivity index (χ0n) is 17.2. The number of amides is 1. The number of methoxy groups -OCH3 is 1. The Morgan fingerprint density at radius 3 is 3.00 bits per heavy atom. The number of imidazole rings is 1. The molecule has 2 aliphatic rings. The molecule has 28 heavy (non-hydrogen) atoms. The molecule has 0 bridgehead atoms. The maximum atomic E-state index is 12.4. The smallest absolute Gasteiger partial charge is 0.222 e. The summed E-state index contributed by atoms with van der Waals surface area (Å²) in [7, 11) is 1.72. The van der Waals surface area contributed by atoms with Crippen LogP contribution >= 0.6 is 0 Å². The first-order valence-corrected chi connectivity index (χ1v) is 10.5. The number of pyridine rings is 1. The molecule has 2 aromatic heterocycles. The maximum Gasteiger partial charge on any atom is 0.222 e. The van der Waals surface area contributed by atoms with Gasteiger partial charge in [-0.05, 0) is 51.3 Å². The monoisotopic (exact) mass is 384 g/mol. The topological polar surface area (TPSA) is 50.1 Å². The van der Waals surface area contributed by atoms with E-state index in [1.165, 1.54) is 18.5 Å². The first-order valence-electron chi connectivity index (χ1n) is 10.5. The molecule has 2 aliphatic heterocycles. The molecule has 6 nitrogen and oxygen atoms in total. The van der Waals surface area contributed by atoms with Gasteiger partial charge in [0.05, 0.1) is 11.4 Å². The van der Waals surface area contributed by atoms with E-state index in [0.29, 0.717) is 12.3 Å². The summed E-state index contributed by atoms with van der Waals surface area (Å²) < 4.78 is 7.39. The molecule has 0 N–H and O–H groups in total. The van der Waals surface area contributed by atoms with Crippen molar-refractivity contribution in [3.05, 3.63) is 35.8 Å². The fourth-order valence-corrected chi connectivity index (χ4v) is 5.05. The van der Waals surface area contributed by atoms with Gasteiger partial charge in [-0.25, -0.2) is 4.98 Å². The minimum absolute atomic E-state index is 0.244. The quantitative estimate of drug-likeness (QED) is 0.719. The van der Waals surface area contributed by atoms with Gasteiger partial charge in [-0.2, -0.15) is 0 Å². The molecule has 0 aliphatic carbocycles. The van der Waals surface area contributed by atoms with Crippen LogP contribution in [0, 0.1) is 12.3 Å². The molecule has 0 aromatic carbocycles. The lowest BCUT2D eigenvalue weighted by atomic mass is 9.73. The second kappa shape index (κ2) is 8.21. The zero-order chi connectivity index (χ0) is 19.6. The summed E-state index contributed by atoms with van der Waals surface area (Å²) in [6.45, 7) is 7.67. The predicted molar refractivity (Wildman–Crippen MR) is 109 cm³/mol. The van der Waals surface area contributed by atoms with Crippen molar-refractivity contribution in [1.82, 2.24) is 19.2 Å². The molecule has 1 amide bonds. The Morgan fingerprint density at radius 1 is 1.25 bits per heavy atom. The van der Waals surface area contributed by atoms with Crippen LogP contribution in [-0.2, 0) is 16.1 Å². The minimum Gasteiger partial charge on any atom is -0.385 e. The number of hydrogen-bond donors (Lipinski definition) is 0. The third kappa shape index (κ3) is 3.94. The van der Waals surface area contributed by atoms with Gasteiger partial charge in [0.25, 0.3) is 0 Å². The van der Waals surface area contributed by atoms with Crippen molar-refractivity contribution in [1.29, 1.82) is 0 Å². The average molecular weight is 385 g/mol. The second-order valence-electron chi connectivity index (χ2n) is 8.55. The van der Waals surface area contributed by atoms with Crippen LogP contribution < -0.4 is 0 Å². The van der Waals surface area contributed by atoms with Crippen molar-refractivity contribution in [2.24, 2.45) is 5.41 Å². The van der Waals surface area contributed by atoms with Crippen molar-refractivity contribution in [3.8, 4) is 0 Å². The number of nitrogens with zero attached hydrogens (tertiary/aromatic N) is 4. The normalized spacial score (nSPS) is 23.8. The molecule has 0 saturated carbocycles. The van der Waals surface area contributed by atoms with E-state index >= 15 is 0 Å². The van der Waals surface area contributed by atoms with Gasteiger partial charge < -0.3 is 14.0 Å². The lowest BCUT2D eigenvalue weighted by Gasteiger charge is -2.48. The standard InChI is InChI=1S/C22H32N4O2/c1-18-19(26-13-4-3-7-20(26)23-18)15-24-11-5-9-22(16-24)10-8-21(27)25(17-22)12-6-14-28-2/h3-4,7,13H,5-6,8-12,14-17H2,1-2H3/t22-/m0/s1. The molecule has 2 fully saturated rings. The van der Waals surface area contributed by atoms with Gasteiger partial charge in [-0.3, -0.25) is 9.69 Å². The van der Waals surface area contributed by atoms with Crippen LogP contribution in [0.1, 0.15) is 43.5 Å². The Morgan fingerprint density at radius 2 is 2.14 bits per heavy atom. The first kappa shape index (κ1) is 19.4. The van der Waals surface area contributed by atoms with Gasteiger partial charge in [0.2, 0.25) is 5.91 Å². The summed E-state index contributed by atoms with van der Waals surface area (Å²) >= 11 is 0. The number of carbonyl (C=O) groups excluding carboxylic acids is 1. The molecule has 6 heteroatoms. The zero-order valence-corrected chi connectivity index (χ0v) is 17.2. The molecule has 152 valence electrons. The maximum absolute atomic E-state index is 12.4. The Labute approximate surface area is 167 Å². The van der Waals surface area contributed by atoms with E-state index in [2.05, 4.69) is 39.5 Å². The highest BCUT2D eigenvalue weighted by Crippen LogP contribution is 2.39. The number of carbonyl (C=O) groups is 1. The number of aromatic nitrogens is 2. The molecule has 2 aromatic rings. The fraction of sp³-hybridized carbons (Fsp3) is 0.636. The lowest BCUT2D eigenvalue weighted by molar-refractivity contribution is -0.139.